The van der Waals surface area contributed by atoms with Crippen LogP contribution in [0.25, 0.3) is 0 Å². The SMILES string of the molecule is CCNC(=NCCC(C)N(C)Cc1ccccc1)NC1CCN(C(=O)C(CC)CC)CC1.I. The van der Waals surface area contributed by atoms with Gasteiger partial charge in [-0.05, 0) is 58.6 Å². The van der Waals surface area contributed by atoms with E-state index in [9.17, 15) is 4.79 Å². The topological polar surface area (TPSA) is 60.0 Å². The van der Waals surface area contributed by atoms with Crippen LogP contribution in [0.3, 0.4) is 0 Å². The molecule has 0 aliphatic carbocycles. The second-order valence-corrected chi connectivity index (χ2v) is 9.06. The predicted octanol–water partition coefficient (Wildman–Crippen LogP) is 4.50. The summed E-state index contributed by atoms with van der Waals surface area (Å²) in [6.45, 7) is 12.9. The summed E-state index contributed by atoms with van der Waals surface area (Å²) in [5, 5.41) is 6.99. The lowest BCUT2D eigenvalue weighted by Gasteiger charge is -2.35. The van der Waals surface area contributed by atoms with Crippen LogP contribution in [-0.4, -0.2) is 67.0 Å². The summed E-state index contributed by atoms with van der Waals surface area (Å²) >= 11 is 0. The van der Waals surface area contributed by atoms with E-state index in [0.717, 1.165) is 70.8 Å². The Hall–Kier alpha value is -1.35. The molecule has 0 saturated carbocycles. The zero-order chi connectivity index (χ0) is 23.3. The van der Waals surface area contributed by atoms with Crippen molar-refractivity contribution in [3.05, 3.63) is 35.9 Å². The molecule has 2 N–H and O–H groups in total. The Morgan fingerprint density at radius 2 is 1.79 bits per heavy atom. The van der Waals surface area contributed by atoms with E-state index in [4.69, 9.17) is 4.99 Å². The van der Waals surface area contributed by atoms with Gasteiger partial charge in [-0.3, -0.25) is 14.7 Å². The molecule has 1 fully saturated rings. The lowest BCUT2D eigenvalue weighted by Crippen LogP contribution is -2.50. The van der Waals surface area contributed by atoms with Crippen LogP contribution in [-0.2, 0) is 11.3 Å². The van der Waals surface area contributed by atoms with Crippen LogP contribution >= 0.6 is 24.0 Å². The predicted molar refractivity (Wildman–Crippen MR) is 150 cm³/mol. The molecule has 1 unspecified atom stereocenters. The van der Waals surface area contributed by atoms with E-state index in [1.165, 1.54) is 5.56 Å². The van der Waals surface area contributed by atoms with E-state index < -0.39 is 0 Å². The number of amides is 1. The van der Waals surface area contributed by atoms with Gasteiger partial charge in [-0.2, -0.15) is 0 Å². The number of nitrogens with zero attached hydrogens (tertiary/aromatic N) is 3. The van der Waals surface area contributed by atoms with Crippen LogP contribution < -0.4 is 10.6 Å². The third kappa shape index (κ3) is 10.2. The number of nitrogens with one attached hydrogen (secondary N) is 2. The Morgan fingerprint density at radius 1 is 1.15 bits per heavy atom. The summed E-state index contributed by atoms with van der Waals surface area (Å²) in [5.74, 6) is 1.42. The average Bonchev–Trinajstić information content (AvgIpc) is 2.81. The molecule has 1 atom stereocenters. The van der Waals surface area contributed by atoms with E-state index in [1.54, 1.807) is 0 Å². The molecule has 0 aromatic heterocycles. The van der Waals surface area contributed by atoms with Crippen molar-refractivity contribution in [1.29, 1.82) is 0 Å². The highest BCUT2D eigenvalue weighted by Gasteiger charge is 2.26. The molecule has 1 amide bonds. The minimum Gasteiger partial charge on any atom is -0.357 e. The molecule has 1 aliphatic heterocycles. The van der Waals surface area contributed by atoms with Gasteiger partial charge in [-0.1, -0.05) is 44.2 Å². The number of aliphatic imine (C=N–C) groups is 1. The van der Waals surface area contributed by atoms with Crippen LogP contribution in [0.5, 0.6) is 0 Å². The van der Waals surface area contributed by atoms with Crippen molar-refractivity contribution in [2.24, 2.45) is 10.9 Å². The highest BCUT2D eigenvalue weighted by molar-refractivity contribution is 14.0. The minimum atomic E-state index is 0. The fraction of sp³-hybridized carbons (Fsp3) is 0.692. The van der Waals surface area contributed by atoms with Crippen molar-refractivity contribution in [2.75, 3.05) is 33.2 Å². The van der Waals surface area contributed by atoms with E-state index in [2.05, 4.69) is 85.5 Å². The highest BCUT2D eigenvalue weighted by atomic mass is 127. The monoisotopic (exact) mass is 571 g/mol. The Bertz CT molecular complexity index is 687. The van der Waals surface area contributed by atoms with Crippen LogP contribution in [0.15, 0.2) is 35.3 Å². The zero-order valence-corrected chi connectivity index (χ0v) is 23.7. The summed E-state index contributed by atoms with van der Waals surface area (Å²) in [7, 11) is 2.18. The molecular weight excluding hydrogens is 525 g/mol. The maximum Gasteiger partial charge on any atom is 0.225 e. The van der Waals surface area contributed by atoms with Crippen molar-refractivity contribution in [3.63, 3.8) is 0 Å². The second kappa shape index (κ2) is 16.3. The molecule has 6 nitrogen and oxygen atoms in total. The van der Waals surface area contributed by atoms with E-state index in [-0.39, 0.29) is 29.9 Å². The normalized spacial score (nSPS) is 16.0. The van der Waals surface area contributed by atoms with Crippen LogP contribution in [0, 0.1) is 5.92 Å². The van der Waals surface area contributed by atoms with Gasteiger partial charge in [0.2, 0.25) is 5.91 Å². The first-order chi connectivity index (χ1) is 15.5. The number of likely N-dealkylation sites (tertiary alicyclic amines) is 1. The minimum absolute atomic E-state index is 0. The maximum absolute atomic E-state index is 12.6. The van der Waals surface area contributed by atoms with Gasteiger partial charge >= 0.3 is 0 Å². The molecule has 1 heterocycles. The zero-order valence-electron chi connectivity index (χ0n) is 21.3. The number of halogens is 1. The number of rotatable bonds is 11. The van der Waals surface area contributed by atoms with Gasteiger partial charge in [0.15, 0.2) is 5.96 Å². The van der Waals surface area contributed by atoms with E-state index in [0.29, 0.717) is 18.0 Å². The smallest absolute Gasteiger partial charge is 0.225 e. The molecule has 33 heavy (non-hydrogen) atoms. The van der Waals surface area contributed by atoms with Gasteiger partial charge in [0.05, 0.1) is 0 Å². The number of hydrogen-bond donors (Lipinski definition) is 2. The van der Waals surface area contributed by atoms with Crippen LogP contribution in [0.1, 0.15) is 65.4 Å². The van der Waals surface area contributed by atoms with Crippen LogP contribution in [0.4, 0.5) is 0 Å². The lowest BCUT2D eigenvalue weighted by molar-refractivity contribution is -0.136. The first-order valence-electron chi connectivity index (χ1n) is 12.6. The summed E-state index contributed by atoms with van der Waals surface area (Å²) in [6, 6.07) is 11.4. The van der Waals surface area contributed by atoms with E-state index >= 15 is 0 Å². The number of piperidine rings is 1. The molecule has 0 bridgehead atoms. The number of guanidine groups is 1. The Morgan fingerprint density at radius 3 is 2.36 bits per heavy atom. The summed E-state index contributed by atoms with van der Waals surface area (Å²) in [6.07, 6.45) is 4.84. The summed E-state index contributed by atoms with van der Waals surface area (Å²) in [4.78, 5) is 21.9. The third-order valence-corrected chi connectivity index (χ3v) is 6.67. The summed E-state index contributed by atoms with van der Waals surface area (Å²) < 4.78 is 0. The van der Waals surface area contributed by atoms with Crippen molar-refractivity contribution in [2.45, 2.75) is 78.4 Å². The standard InChI is InChI=1S/C26H45N5O.HI/c1-6-23(7-2)25(32)31-18-15-24(16-19-31)29-26(27-8-3)28-17-14-21(4)30(5)20-22-12-10-9-11-13-22;/h9-13,21,23-24H,6-8,14-20H2,1-5H3,(H2,27,28,29);1H. The molecule has 1 aliphatic rings. The fourth-order valence-electron chi connectivity index (χ4n) is 4.26. The fourth-order valence-corrected chi connectivity index (χ4v) is 4.26. The first kappa shape index (κ1) is 29.7. The highest BCUT2D eigenvalue weighted by Crippen LogP contribution is 2.17. The average molecular weight is 572 g/mol. The Labute approximate surface area is 219 Å². The van der Waals surface area contributed by atoms with Gasteiger partial charge in [0.25, 0.3) is 0 Å². The van der Waals surface area contributed by atoms with Crippen LogP contribution in [0.2, 0.25) is 0 Å². The van der Waals surface area contributed by atoms with Crippen molar-refractivity contribution in [1.82, 2.24) is 20.4 Å². The van der Waals surface area contributed by atoms with Gasteiger partial charge in [-0.25, -0.2) is 0 Å². The molecule has 2 rings (SSSR count). The van der Waals surface area contributed by atoms with Crippen molar-refractivity contribution < 1.29 is 4.79 Å². The Balaban J connectivity index is 0.00000544. The maximum atomic E-state index is 12.6. The third-order valence-electron chi connectivity index (χ3n) is 6.67. The number of carbonyl (C=O) groups excluding carboxylic acids is 1. The molecule has 0 radical (unpaired) electrons. The van der Waals surface area contributed by atoms with Gasteiger partial charge in [0.1, 0.15) is 0 Å². The molecule has 7 heteroatoms. The molecule has 188 valence electrons. The molecule has 1 aromatic rings. The lowest BCUT2D eigenvalue weighted by atomic mass is 9.98. The van der Waals surface area contributed by atoms with Crippen molar-refractivity contribution in [3.8, 4) is 0 Å². The Kier molecular flexibility index (Phi) is 14.7. The molecule has 0 spiro atoms. The van der Waals surface area contributed by atoms with Gasteiger partial charge in [0, 0.05) is 50.7 Å². The van der Waals surface area contributed by atoms with Gasteiger partial charge in [-0.15, -0.1) is 24.0 Å². The molecular formula is C26H46IN5O. The summed E-state index contributed by atoms with van der Waals surface area (Å²) in [5.41, 5.74) is 1.34. The quantitative estimate of drug-likeness (QED) is 0.234. The largest absolute Gasteiger partial charge is 0.357 e. The second-order valence-electron chi connectivity index (χ2n) is 9.06. The van der Waals surface area contributed by atoms with Gasteiger partial charge < -0.3 is 15.5 Å². The first-order valence-corrected chi connectivity index (χ1v) is 12.6. The van der Waals surface area contributed by atoms with Crippen molar-refractivity contribution >= 4 is 35.8 Å². The number of benzene rings is 1. The van der Waals surface area contributed by atoms with E-state index in [1.807, 2.05) is 0 Å². The molecule has 1 aromatic carbocycles. The number of hydrogen-bond acceptors (Lipinski definition) is 3. The molecule has 1 saturated heterocycles. The number of carbonyl (C=O) groups is 1.